The lowest BCUT2D eigenvalue weighted by Crippen LogP contribution is -2.07. The molecule has 15 heavy (non-hydrogen) atoms. The van der Waals surface area contributed by atoms with Gasteiger partial charge in [0.1, 0.15) is 0 Å². The molecule has 1 amide bonds. The lowest BCUT2D eigenvalue weighted by molar-refractivity contribution is -0.114. The Labute approximate surface area is 97.4 Å². The van der Waals surface area contributed by atoms with Crippen LogP contribution in [0.25, 0.3) is 0 Å². The van der Waals surface area contributed by atoms with Gasteiger partial charge in [-0.15, -0.1) is 11.6 Å². The number of anilines is 1. The first kappa shape index (κ1) is 12.0. The summed E-state index contributed by atoms with van der Waals surface area (Å²) in [6.07, 6.45) is 0. The van der Waals surface area contributed by atoms with Crippen molar-refractivity contribution in [1.29, 1.82) is 0 Å². The first-order valence-electron chi connectivity index (χ1n) is 4.21. The molecule has 0 bridgehead atoms. The van der Waals surface area contributed by atoms with Crippen LogP contribution in [0.15, 0.2) is 18.2 Å². The van der Waals surface area contributed by atoms with Crippen LogP contribution in [0.1, 0.15) is 17.3 Å². The molecule has 0 heterocycles. The predicted octanol–water partition coefficient (Wildman–Crippen LogP) is 2.72. The largest absolute Gasteiger partial charge is 0.326 e. The highest BCUT2D eigenvalue weighted by molar-refractivity contribution is 6.37. The average Bonchev–Trinajstić information content (AvgIpc) is 2.16. The van der Waals surface area contributed by atoms with E-state index in [9.17, 15) is 9.59 Å². The Balaban J connectivity index is 2.97. The number of nitrogens with one attached hydrogen (secondary N) is 1. The zero-order chi connectivity index (χ0) is 11.4. The van der Waals surface area contributed by atoms with E-state index in [1.807, 2.05) is 0 Å². The minimum atomic E-state index is -0.240. The van der Waals surface area contributed by atoms with E-state index in [1.165, 1.54) is 13.0 Å². The average molecular weight is 246 g/mol. The molecule has 0 aromatic heterocycles. The molecular weight excluding hydrogens is 237 g/mol. The molecule has 0 unspecified atom stereocenters. The fourth-order valence-corrected chi connectivity index (χ4v) is 1.52. The standard InChI is InChI=1S/C10H9Cl2NO2/c1-6(14)13-7-2-3-8(9(12)4-7)10(15)5-11/h2-4H,5H2,1H3,(H,13,14). The minimum absolute atomic E-state index is 0.112. The Hall–Kier alpha value is -1.06. The summed E-state index contributed by atoms with van der Waals surface area (Å²) in [4.78, 5) is 22.0. The van der Waals surface area contributed by atoms with Gasteiger partial charge in [-0.05, 0) is 18.2 Å². The highest BCUT2D eigenvalue weighted by Gasteiger charge is 2.09. The van der Waals surface area contributed by atoms with Crippen LogP contribution in [0.4, 0.5) is 5.69 Å². The third-order valence-electron chi connectivity index (χ3n) is 1.71. The van der Waals surface area contributed by atoms with Crippen LogP contribution < -0.4 is 5.32 Å². The fraction of sp³-hybridized carbons (Fsp3) is 0.200. The summed E-state index contributed by atoms with van der Waals surface area (Å²) in [5.41, 5.74) is 0.916. The van der Waals surface area contributed by atoms with Crippen LogP contribution >= 0.6 is 23.2 Å². The molecule has 3 nitrogen and oxygen atoms in total. The Morgan fingerprint density at radius 3 is 2.53 bits per heavy atom. The van der Waals surface area contributed by atoms with Crippen LogP contribution in [0.2, 0.25) is 5.02 Å². The van der Waals surface area contributed by atoms with Crippen LogP contribution in [0.5, 0.6) is 0 Å². The Kier molecular flexibility index (Phi) is 4.12. The van der Waals surface area contributed by atoms with E-state index in [0.29, 0.717) is 11.3 Å². The van der Waals surface area contributed by atoms with Gasteiger partial charge in [0.15, 0.2) is 5.78 Å². The molecular formula is C10H9Cl2NO2. The molecule has 0 aliphatic heterocycles. The van der Waals surface area contributed by atoms with E-state index < -0.39 is 0 Å². The molecule has 5 heteroatoms. The highest BCUT2D eigenvalue weighted by Crippen LogP contribution is 2.21. The number of halogens is 2. The van der Waals surface area contributed by atoms with Crippen molar-refractivity contribution in [2.75, 3.05) is 11.2 Å². The predicted molar refractivity (Wildman–Crippen MR) is 60.8 cm³/mol. The van der Waals surface area contributed by atoms with Crippen LogP contribution in [0, 0.1) is 0 Å². The lowest BCUT2D eigenvalue weighted by atomic mass is 10.1. The summed E-state index contributed by atoms with van der Waals surface area (Å²) in [6.45, 7) is 1.39. The zero-order valence-electron chi connectivity index (χ0n) is 8.01. The van der Waals surface area contributed by atoms with Gasteiger partial charge >= 0.3 is 0 Å². The third-order valence-corrected chi connectivity index (χ3v) is 2.27. The number of alkyl halides is 1. The maximum atomic E-state index is 11.3. The monoisotopic (exact) mass is 245 g/mol. The summed E-state index contributed by atoms with van der Waals surface area (Å²) in [7, 11) is 0. The van der Waals surface area contributed by atoms with Crippen molar-refractivity contribution in [2.24, 2.45) is 0 Å². The van der Waals surface area contributed by atoms with Gasteiger partial charge in [0.2, 0.25) is 5.91 Å². The molecule has 0 atom stereocenters. The van der Waals surface area contributed by atoms with Crippen molar-refractivity contribution in [3.8, 4) is 0 Å². The molecule has 0 saturated carbocycles. The van der Waals surface area contributed by atoms with Crippen LogP contribution in [-0.4, -0.2) is 17.6 Å². The maximum absolute atomic E-state index is 11.3. The number of ketones is 1. The Bertz CT molecular complexity index is 404. The van der Waals surface area contributed by atoms with E-state index in [4.69, 9.17) is 23.2 Å². The molecule has 0 aliphatic carbocycles. The molecule has 0 fully saturated rings. The quantitative estimate of drug-likeness (QED) is 0.658. The van der Waals surface area contributed by atoms with Gasteiger partial charge in [0.05, 0.1) is 10.9 Å². The summed E-state index contributed by atoms with van der Waals surface area (Å²) in [6, 6.07) is 4.66. The van der Waals surface area contributed by atoms with Gasteiger partial charge < -0.3 is 5.32 Å². The first-order chi connectivity index (χ1) is 7.04. The molecule has 80 valence electrons. The highest BCUT2D eigenvalue weighted by atomic mass is 35.5. The second-order valence-corrected chi connectivity index (χ2v) is 3.61. The van der Waals surface area contributed by atoms with E-state index in [2.05, 4.69) is 5.32 Å². The smallest absolute Gasteiger partial charge is 0.221 e. The van der Waals surface area contributed by atoms with Gasteiger partial charge in [0.25, 0.3) is 0 Å². The number of benzene rings is 1. The van der Waals surface area contributed by atoms with E-state index in [0.717, 1.165) is 0 Å². The van der Waals surface area contributed by atoms with Crippen molar-refractivity contribution in [3.05, 3.63) is 28.8 Å². The number of carbonyl (C=O) groups excluding carboxylic acids is 2. The van der Waals surface area contributed by atoms with Gasteiger partial charge in [-0.25, -0.2) is 0 Å². The van der Waals surface area contributed by atoms with E-state index >= 15 is 0 Å². The van der Waals surface area contributed by atoms with Crippen molar-refractivity contribution < 1.29 is 9.59 Å². The summed E-state index contributed by atoms with van der Waals surface area (Å²) in [5.74, 6) is -0.544. The van der Waals surface area contributed by atoms with Gasteiger partial charge in [-0.3, -0.25) is 9.59 Å². The normalized spacial score (nSPS) is 9.80. The SMILES string of the molecule is CC(=O)Nc1ccc(C(=O)CCl)c(Cl)c1. The second-order valence-electron chi connectivity index (χ2n) is 2.93. The topological polar surface area (TPSA) is 46.2 Å². The molecule has 1 N–H and O–H groups in total. The van der Waals surface area contributed by atoms with Crippen molar-refractivity contribution in [3.63, 3.8) is 0 Å². The second kappa shape index (κ2) is 5.14. The molecule has 1 aromatic carbocycles. The van der Waals surface area contributed by atoms with Crippen LogP contribution in [-0.2, 0) is 4.79 Å². The number of Topliss-reactive ketones (excluding diaryl/α,β-unsaturated/α-hetero) is 1. The molecule has 0 saturated heterocycles. The zero-order valence-corrected chi connectivity index (χ0v) is 9.52. The summed E-state index contributed by atoms with van der Waals surface area (Å²) >= 11 is 11.3. The molecule has 1 aromatic rings. The first-order valence-corrected chi connectivity index (χ1v) is 5.12. The summed E-state index contributed by atoms with van der Waals surface area (Å²) < 4.78 is 0. The number of hydrogen-bond acceptors (Lipinski definition) is 2. The Morgan fingerprint density at radius 2 is 2.07 bits per heavy atom. The molecule has 0 aliphatic rings. The lowest BCUT2D eigenvalue weighted by Gasteiger charge is -2.05. The van der Waals surface area contributed by atoms with Crippen molar-refractivity contribution >= 4 is 40.6 Å². The molecule has 0 radical (unpaired) electrons. The summed E-state index contributed by atoms with van der Waals surface area (Å²) in [5, 5.41) is 2.85. The molecule has 0 spiro atoms. The number of rotatable bonds is 3. The maximum Gasteiger partial charge on any atom is 0.221 e. The van der Waals surface area contributed by atoms with Crippen molar-refractivity contribution in [1.82, 2.24) is 0 Å². The number of hydrogen-bond donors (Lipinski definition) is 1. The third kappa shape index (κ3) is 3.22. The van der Waals surface area contributed by atoms with E-state index in [1.54, 1.807) is 12.1 Å². The number of amides is 1. The van der Waals surface area contributed by atoms with E-state index in [-0.39, 0.29) is 22.6 Å². The Morgan fingerprint density at radius 1 is 1.40 bits per heavy atom. The fourth-order valence-electron chi connectivity index (χ4n) is 1.09. The number of carbonyl (C=O) groups is 2. The van der Waals surface area contributed by atoms with Crippen molar-refractivity contribution in [2.45, 2.75) is 6.92 Å². The molecule has 1 rings (SSSR count). The van der Waals surface area contributed by atoms with Gasteiger partial charge in [-0.2, -0.15) is 0 Å². The van der Waals surface area contributed by atoms with Crippen LogP contribution in [0.3, 0.4) is 0 Å². The minimum Gasteiger partial charge on any atom is -0.326 e. The van der Waals surface area contributed by atoms with Gasteiger partial charge in [-0.1, -0.05) is 11.6 Å². The van der Waals surface area contributed by atoms with Gasteiger partial charge in [0, 0.05) is 18.2 Å².